The maximum atomic E-state index is 9.27. The number of phenolic OH excluding ortho intramolecular Hbond substituents is 1. The van der Waals surface area contributed by atoms with Crippen LogP contribution in [-0.2, 0) is 0 Å². The first-order valence-electron chi connectivity index (χ1n) is 3.98. The molecule has 80 valence electrons. The van der Waals surface area contributed by atoms with Gasteiger partial charge in [-0.05, 0) is 18.6 Å². The number of aliphatic hydroxyl groups is 1. The lowest BCUT2D eigenvalue weighted by atomic mass is 10.2. The minimum absolute atomic E-state index is 0. The molecule has 14 heavy (non-hydrogen) atoms. The molecule has 0 spiro atoms. The summed E-state index contributed by atoms with van der Waals surface area (Å²) in [4.78, 5) is 0. The van der Waals surface area contributed by atoms with E-state index in [4.69, 9.17) is 15.6 Å². The third-order valence-electron chi connectivity index (χ3n) is 1.68. The third kappa shape index (κ3) is 2.97. The van der Waals surface area contributed by atoms with Gasteiger partial charge in [0.15, 0.2) is 0 Å². The second-order valence-corrected chi connectivity index (χ2v) is 2.75. The van der Waals surface area contributed by atoms with E-state index in [-0.39, 0.29) is 31.4 Å². The van der Waals surface area contributed by atoms with Gasteiger partial charge in [-0.15, -0.1) is 12.4 Å². The van der Waals surface area contributed by atoms with Gasteiger partial charge in [-0.25, -0.2) is 0 Å². The Bertz CT molecular complexity index is 304. The summed E-state index contributed by atoms with van der Waals surface area (Å²) in [5.74, 6) is 0.637. The van der Waals surface area contributed by atoms with Gasteiger partial charge in [0.25, 0.3) is 0 Å². The Morgan fingerprint density at radius 2 is 2.07 bits per heavy atom. The van der Waals surface area contributed by atoms with E-state index in [1.165, 1.54) is 6.07 Å². The number of aryl methyl sites for hydroxylation is 1. The second kappa shape index (κ2) is 5.57. The number of nitrogens with two attached hydrogens (primary N) is 1. The molecule has 0 aliphatic carbocycles. The summed E-state index contributed by atoms with van der Waals surface area (Å²) in [6, 6.07) is 3.07. The van der Waals surface area contributed by atoms with Gasteiger partial charge < -0.3 is 20.7 Å². The zero-order chi connectivity index (χ0) is 9.84. The van der Waals surface area contributed by atoms with Crippen LogP contribution in [0, 0.1) is 6.92 Å². The molecule has 0 heterocycles. The van der Waals surface area contributed by atoms with Crippen LogP contribution in [-0.4, -0.2) is 23.4 Å². The number of aliphatic hydroxyl groups excluding tert-OH is 1. The zero-order valence-electron chi connectivity index (χ0n) is 7.86. The van der Waals surface area contributed by atoms with Gasteiger partial charge in [-0.3, -0.25) is 0 Å². The molecule has 4 N–H and O–H groups in total. The fourth-order valence-corrected chi connectivity index (χ4v) is 0.967. The Hall–Kier alpha value is -1.13. The van der Waals surface area contributed by atoms with E-state index < -0.39 is 0 Å². The predicted molar refractivity (Wildman–Crippen MR) is 57.1 cm³/mol. The van der Waals surface area contributed by atoms with Crippen molar-refractivity contribution in [3.63, 3.8) is 0 Å². The molecule has 1 aromatic carbocycles. The fourth-order valence-electron chi connectivity index (χ4n) is 0.967. The van der Waals surface area contributed by atoms with Gasteiger partial charge in [0.1, 0.15) is 18.1 Å². The molecule has 0 unspecified atom stereocenters. The lowest BCUT2D eigenvalue weighted by Gasteiger charge is -2.09. The molecule has 1 aromatic rings. The lowest BCUT2D eigenvalue weighted by molar-refractivity contribution is 0.202. The summed E-state index contributed by atoms with van der Waals surface area (Å²) in [5, 5.41) is 17.8. The van der Waals surface area contributed by atoms with Crippen molar-refractivity contribution in [1.82, 2.24) is 0 Å². The standard InChI is InChI=1S/C9H13NO3.ClH/c1-6-4-9(13-3-2-11)7(10)5-8(6)12;/h4-5,11-12H,2-3,10H2,1H3;1H. The van der Waals surface area contributed by atoms with E-state index >= 15 is 0 Å². The van der Waals surface area contributed by atoms with Gasteiger partial charge >= 0.3 is 0 Å². The minimum atomic E-state index is -0.0562. The van der Waals surface area contributed by atoms with Crippen LogP contribution in [0.4, 0.5) is 5.69 Å². The Balaban J connectivity index is 0.00000169. The van der Waals surface area contributed by atoms with Gasteiger partial charge in [0.05, 0.1) is 12.3 Å². The summed E-state index contributed by atoms with van der Waals surface area (Å²) >= 11 is 0. The molecular weight excluding hydrogens is 206 g/mol. The smallest absolute Gasteiger partial charge is 0.142 e. The first kappa shape index (κ1) is 12.9. The highest BCUT2D eigenvalue weighted by molar-refractivity contribution is 5.85. The molecule has 0 radical (unpaired) electrons. The molecule has 0 aliphatic rings. The summed E-state index contributed by atoms with van der Waals surface area (Å²) < 4.78 is 5.14. The first-order chi connectivity index (χ1) is 6.15. The molecule has 0 aromatic heterocycles. The topological polar surface area (TPSA) is 75.7 Å². The molecule has 0 atom stereocenters. The summed E-state index contributed by atoms with van der Waals surface area (Å²) in [6.45, 7) is 1.90. The van der Waals surface area contributed by atoms with E-state index in [9.17, 15) is 5.11 Å². The Morgan fingerprint density at radius 3 is 2.64 bits per heavy atom. The van der Waals surface area contributed by atoms with Crippen LogP contribution in [0.25, 0.3) is 0 Å². The summed E-state index contributed by atoms with van der Waals surface area (Å²) in [5.41, 5.74) is 6.63. The van der Waals surface area contributed by atoms with Crippen molar-refractivity contribution in [2.24, 2.45) is 0 Å². The van der Waals surface area contributed by atoms with Crippen molar-refractivity contribution < 1.29 is 14.9 Å². The number of ether oxygens (including phenoxy) is 1. The van der Waals surface area contributed by atoms with Gasteiger partial charge in [-0.1, -0.05) is 0 Å². The molecule has 0 saturated carbocycles. The Labute approximate surface area is 88.7 Å². The van der Waals surface area contributed by atoms with E-state index in [2.05, 4.69) is 0 Å². The van der Waals surface area contributed by atoms with Crippen LogP contribution in [0.1, 0.15) is 5.56 Å². The molecule has 1 rings (SSSR count). The number of phenols is 1. The van der Waals surface area contributed by atoms with Crippen molar-refractivity contribution in [1.29, 1.82) is 0 Å². The first-order valence-corrected chi connectivity index (χ1v) is 3.98. The number of nitrogen functional groups attached to an aromatic ring is 1. The number of hydrogen-bond acceptors (Lipinski definition) is 4. The molecule has 0 saturated heterocycles. The molecule has 0 amide bonds. The largest absolute Gasteiger partial charge is 0.508 e. The van der Waals surface area contributed by atoms with Gasteiger partial charge in [0.2, 0.25) is 0 Å². The van der Waals surface area contributed by atoms with Crippen molar-refractivity contribution in [2.45, 2.75) is 6.92 Å². The summed E-state index contributed by atoms with van der Waals surface area (Å²) in [6.07, 6.45) is 0. The van der Waals surface area contributed by atoms with Crippen molar-refractivity contribution >= 4 is 18.1 Å². The highest BCUT2D eigenvalue weighted by Gasteiger charge is 2.04. The monoisotopic (exact) mass is 219 g/mol. The highest BCUT2D eigenvalue weighted by atomic mass is 35.5. The lowest BCUT2D eigenvalue weighted by Crippen LogP contribution is -2.04. The van der Waals surface area contributed by atoms with E-state index in [0.717, 1.165) is 0 Å². The van der Waals surface area contributed by atoms with Crippen LogP contribution < -0.4 is 10.5 Å². The molecule has 0 bridgehead atoms. The number of benzene rings is 1. The van der Waals surface area contributed by atoms with Crippen LogP contribution in [0.3, 0.4) is 0 Å². The normalized spacial score (nSPS) is 9.29. The quantitative estimate of drug-likeness (QED) is 0.665. The fraction of sp³-hybridized carbons (Fsp3) is 0.333. The zero-order valence-corrected chi connectivity index (χ0v) is 8.67. The van der Waals surface area contributed by atoms with Crippen molar-refractivity contribution in [3.05, 3.63) is 17.7 Å². The third-order valence-corrected chi connectivity index (χ3v) is 1.68. The summed E-state index contributed by atoms with van der Waals surface area (Å²) in [7, 11) is 0. The molecule has 0 aliphatic heterocycles. The number of aromatic hydroxyl groups is 1. The highest BCUT2D eigenvalue weighted by Crippen LogP contribution is 2.29. The SMILES string of the molecule is Cc1cc(OCCO)c(N)cc1O.Cl. The van der Waals surface area contributed by atoms with Crippen molar-refractivity contribution in [2.75, 3.05) is 18.9 Å². The molecule has 0 fully saturated rings. The number of halogens is 1. The second-order valence-electron chi connectivity index (χ2n) is 2.75. The van der Waals surface area contributed by atoms with E-state index in [1.807, 2.05) is 0 Å². The van der Waals surface area contributed by atoms with Crippen LogP contribution >= 0.6 is 12.4 Å². The number of rotatable bonds is 3. The molecular formula is C9H14ClNO3. The Morgan fingerprint density at radius 1 is 1.43 bits per heavy atom. The van der Waals surface area contributed by atoms with Crippen LogP contribution in [0.2, 0.25) is 0 Å². The average molecular weight is 220 g/mol. The number of hydrogen-bond donors (Lipinski definition) is 3. The number of anilines is 1. The van der Waals surface area contributed by atoms with Gasteiger partial charge in [0, 0.05) is 6.07 Å². The molecule has 4 nitrogen and oxygen atoms in total. The van der Waals surface area contributed by atoms with Crippen LogP contribution in [0.5, 0.6) is 11.5 Å². The minimum Gasteiger partial charge on any atom is -0.508 e. The van der Waals surface area contributed by atoms with Crippen LogP contribution in [0.15, 0.2) is 12.1 Å². The molecule has 5 heteroatoms. The van der Waals surface area contributed by atoms with E-state index in [0.29, 0.717) is 17.0 Å². The maximum Gasteiger partial charge on any atom is 0.142 e. The van der Waals surface area contributed by atoms with Gasteiger partial charge in [-0.2, -0.15) is 0 Å². The average Bonchev–Trinajstić information content (AvgIpc) is 2.09. The maximum absolute atomic E-state index is 9.27. The van der Waals surface area contributed by atoms with Crippen molar-refractivity contribution in [3.8, 4) is 11.5 Å². The predicted octanol–water partition coefficient (Wildman–Crippen LogP) is 1.08. The Kier molecular flexibility index (Phi) is 5.12. The van der Waals surface area contributed by atoms with E-state index in [1.54, 1.807) is 13.0 Å².